The fraction of sp³-hybridized carbons (Fsp3) is 0.545. The van der Waals surface area contributed by atoms with Crippen LogP contribution in [0.5, 0.6) is 0 Å². The average Bonchev–Trinajstić information content (AvgIpc) is 2.15. The minimum atomic E-state index is 0.486. The van der Waals surface area contributed by atoms with Crippen LogP contribution in [0.3, 0.4) is 0 Å². The highest BCUT2D eigenvalue weighted by Gasteiger charge is 2.28. The van der Waals surface area contributed by atoms with Crippen LogP contribution in [0.4, 0.5) is 5.69 Å². The molecule has 0 unspecified atom stereocenters. The minimum Gasteiger partial charge on any atom is -0.367 e. The highest BCUT2D eigenvalue weighted by atomic mass is 35.5. The number of rotatable bonds is 3. The van der Waals surface area contributed by atoms with Crippen LogP contribution in [0.15, 0.2) is 12.3 Å². The lowest BCUT2D eigenvalue weighted by Gasteiger charge is -2.42. The van der Waals surface area contributed by atoms with Crippen LogP contribution in [0.25, 0.3) is 0 Å². The third-order valence-corrected chi connectivity index (χ3v) is 3.09. The lowest BCUT2D eigenvalue weighted by molar-refractivity contribution is 0.389. The maximum Gasteiger partial charge on any atom is 0.131 e. The van der Waals surface area contributed by atoms with Gasteiger partial charge in [0.1, 0.15) is 5.15 Å². The molecule has 0 spiro atoms. The molecule has 0 bridgehead atoms. The highest BCUT2D eigenvalue weighted by Crippen LogP contribution is 2.30. The van der Waals surface area contributed by atoms with Crippen molar-refractivity contribution in [3.63, 3.8) is 0 Å². The molecule has 0 atom stereocenters. The Labute approximate surface area is 106 Å². The lowest BCUT2D eigenvalue weighted by Crippen LogP contribution is -2.59. The minimum absolute atomic E-state index is 0.486. The molecule has 1 aliphatic rings. The van der Waals surface area contributed by atoms with Crippen molar-refractivity contribution < 1.29 is 0 Å². The van der Waals surface area contributed by atoms with Crippen LogP contribution in [0.2, 0.25) is 10.2 Å². The summed E-state index contributed by atoms with van der Waals surface area (Å²) in [5, 5.41) is 4.63. The van der Waals surface area contributed by atoms with Gasteiger partial charge in [0, 0.05) is 37.4 Å². The average molecular weight is 260 g/mol. The summed E-state index contributed by atoms with van der Waals surface area (Å²) in [5.41, 5.74) is 0.975. The first-order valence-corrected chi connectivity index (χ1v) is 6.14. The second kappa shape index (κ2) is 4.78. The van der Waals surface area contributed by atoms with Crippen molar-refractivity contribution in [3.05, 3.63) is 22.4 Å². The second-order valence-corrected chi connectivity index (χ2v) is 5.18. The lowest BCUT2D eigenvalue weighted by atomic mass is 10.1. The number of hydrogen-bond acceptors (Lipinski definition) is 3. The molecule has 1 fully saturated rings. The summed E-state index contributed by atoms with van der Waals surface area (Å²) in [6, 6.07) is 2.88. The van der Waals surface area contributed by atoms with E-state index >= 15 is 0 Å². The molecule has 0 aliphatic carbocycles. The zero-order chi connectivity index (χ0) is 11.7. The second-order valence-electron chi connectivity index (χ2n) is 4.38. The Morgan fingerprint density at radius 2 is 2.12 bits per heavy atom. The molecular formula is C11H15Cl2N3. The van der Waals surface area contributed by atoms with Crippen LogP contribution in [-0.4, -0.2) is 30.2 Å². The van der Waals surface area contributed by atoms with E-state index < -0.39 is 0 Å². The van der Waals surface area contributed by atoms with E-state index in [0.717, 1.165) is 18.8 Å². The quantitative estimate of drug-likeness (QED) is 0.846. The molecule has 2 rings (SSSR count). The summed E-state index contributed by atoms with van der Waals surface area (Å²) in [6.07, 6.45) is 1.60. The van der Waals surface area contributed by atoms with Crippen molar-refractivity contribution in [1.29, 1.82) is 0 Å². The summed E-state index contributed by atoms with van der Waals surface area (Å²) < 4.78 is 0. The van der Waals surface area contributed by atoms with E-state index in [4.69, 9.17) is 23.2 Å². The molecule has 1 aromatic rings. The number of nitrogens with one attached hydrogen (secondary N) is 1. The molecule has 1 N–H and O–H groups in total. The molecule has 2 heterocycles. The molecule has 16 heavy (non-hydrogen) atoms. The number of halogens is 2. The summed E-state index contributed by atoms with van der Waals surface area (Å²) in [6.45, 7) is 6.24. The Bertz CT molecular complexity index is 375. The number of anilines is 1. The van der Waals surface area contributed by atoms with Crippen molar-refractivity contribution >= 4 is 28.9 Å². The van der Waals surface area contributed by atoms with Gasteiger partial charge in [-0.15, -0.1) is 0 Å². The molecule has 0 aromatic carbocycles. The molecule has 1 aromatic heterocycles. The monoisotopic (exact) mass is 259 g/mol. The fourth-order valence-corrected chi connectivity index (χ4v) is 2.27. The standard InChI is InChI=1S/C11H15Cl2N3/c1-7(2)15-8-5-16(6-8)10-3-11(13)14-4-9(10)12/h3-4,7-8,15H,5-6H2,1-2H3. The fourth-order valence-electron chi connectivity index (χ4n) is 1.90. The van der Waals surface area contributed by atoms with Crippen LogP contribution < -0.4 is 10.2 Å². The Hall–Kier alpha value is -0.510. The maximum atomic E-state index is 6.07. The molecule has 3 nitrogen and oxygen atoms in total. The Kier molecular flexibility index (Phi) is 3.57. The van der Waals surface area contributed by atoms with Gasteiger partial charge in [-0.25, -0.2) is 4.98 Å². The van der Waals surface area contributed by atoms with E-state index in [0.29, 0.717) is 22.3 Å². The van der Waals surface area contributed by atoms with Crippen LogP contribution in [-0.2, 0) is 0 Å². The van der Waals surface area contributed by atoms with Crippen molar-refractivity contribution in [3.8, 4) is 0 Å². The van der Waals surface area contributed by atoms with E-state index in [1.165, 1.54) is 0 Å². The Morgan fingerprint density at radius 1 is 1.44 bits per heavy atom. The topological polar surface area (TPSA) is 28.2 Å². The van der Waals surface area contributed by atoms with Gasteiger partial charge in [-0.3, -0.25) is 0 Å². The first kappa shape index (κ1) is 12.0. The molecular weight excluding hydrogens is 245 g/mol. The van der Waals surface area contributed by atoms with Crippen molar-refractivity contribution in [1.82, 2.24) is 10.3 Å². The molecule has 1 saturated heterocycles. The predicted molar refractivity (Wildman–Crippen MR) is 68.5 cm³/mol. The first-order chi connectivity index (χ1) is 7.56. The van der Waals surface area contributed by atoms with Gasteiger partial charge in [-0.05, 0) is 0 Å². The van der Waals surface area contributed by atoms with Gasteiger partial charge < -0.3 is 10.2 Å². The van der Waals surface area contributed by atoms with Crippen molar-refractivity contribution in [2.75, 3.05) is 18.0 Å². The number of nitrogens with zero attached hydrogens (tertiary/aromatic N) is 2. The Balaban J connectivity index is 1.98. The van der Waals surface area contributed by atoms with Gasteiger partial charge in [0.05, 0.1) is 10.7 Å². The van der Waals surface area contributed by atoms with Crippen molar-refractivity contribution in [2.45, 2.75) is 25.9 Å². The van der Waals surface area contributed by atoms with E-state index in [9.17, 15) is 0 Å². The van der Waals surface area contributed by atoms with Gasteiger partial charge in [0.2, 0.25) is 0 Å². The summed E-state index contributed by atoms with van der Waals surface area (Å²) >= 11 is 11.9. The van der Waals surface area contributed by atoms with E-state index in [1.807, 2.05) is 6.07 Å². The van der Waals surface area contributed by atoms with Crippen LogP contribution in [0, 0.1) is 0 Å². The molecule has 1 aliphatic heterocycles. The number of pyridine rings is 1. The first-order valence-electron chi connectivity index (χ1n) is 5.38. The third kappa shape index (κ3) is 2.59. The van der Waals surface area contributed by atoms with E-state index in [2.05, 4.69) is 29.0 Å². The molecule has 88 valence electrons. The van der Waals surface area contributed by atoms with E-state index in [1.54, 1.807) is 6.20 Å². The summed E-state index contributed by atoms with van der Waals surface area (Å²) in [7, 11) is 0. The zero-order valence-corrected chi connectivity index (χ0v) is 10.9. The normalized spacial score (nSPS) is 16.7. The summed E-state index contributed by atoms with van der Waals surface area (Å²) in [4.78, 5) is 6.14. The van der Waals surface area contributed by atoms with Crippen molar-refractivity contribution in [2.24, 2.45) is 0 Å². The largest absolute Gasteiger partial charge is 0.367 e. The van der Waals surface area contributed by atoms with Crippen LogP contribution >= 0.6 is 23.2 Å². The highest BCUT2D eigenvalue weighted by molar-refractivity contribution is 6.34. The van der Waals surface area contributed by atoms with Gasteiger partial charge in [0.25, 0.3) is 0 Å². The van der Waals surface area contributed by atoms with Crippen LogP contribution in [0.1, 0.15) is 13.8 Å². The van der Waals surface area contributed by atoms with Gasteiger partial charge in [-0.1, -0.05) is 37.0 Å². The molecule has 0 radical (unpaired) electrons. The number of aromatic nitrogens is 1. The van der Waals surface area contributed by atoms with E-state index in [-0.39, 0.29) is 0 Å². The Morgan fingerprint density at radius 3 is 2.75 bits per heavy atom. The predicted octanol–water partition coefficient (Wildman–Crippen LogP) is 2.58. The summed E-state index contributed by atoms with van der Waals surface area (Å²) in [5.74, 6) is 0. The SMILES string of the molecule is CC(C)NC1CN(c2cc(Cl)ncc2Cl)C1. The maximum absolute atomic E-state index is 6.07. The molecule has 0 saturated carbocycles. The molecule has 5 heteroatoms. The molecule has 0 amide bonds. The van der Waals surface area contributed by atoms with Gasteiger partial charge in [0.15, 0.2) is 0 Å². The smallest absolute Gasteiger partial charge is 0.131 e. The van der Waals surface area contributed by atoms with Gasteiger partial charge >= 0.3 is 0 Å². The third-order valence-electron chi connectivity index (χ3n) is 2.59. The van der Waals surface area contributed by atoms with Gasteiger partial charge in [-0.2, -0.15) is 0 Å². The number of hydrogen-bond donors (Lipinski definition) is 1. The zero-order valence-electron chi connectivity index (χ0n) is 9.37.